The Labute approximate surface area is 885 Å². The van der Waals surface area contributed by atoms with Crippen LogP contribution in [0.2, 0.25) is 10.6 Å². The molecule has 0 fully saturated rings. The van der Waals surface area contributed by atoms with Crippen LogP contribution in [0.4, 0.5) is 45.5 Å². The maximum absolute atomic E-state index is 12.9. The number of nitrogens with zero attached hydrogens (tertiary/aromatic N) is 10. The van der Waals surface area contributed by atoms with Crippen LogP contribution in [0, 0.1) is 0 Å². The molecule has 10 rings (SSSR count). The average molecular weight is 1920 g/mol. The molecule has 44 nitrogen and oxygen atoms in total. The van der Waals surface area contributed by atoms with Crippen molar-refractivity contribution >= 4 is 191 Å². The third-order valence-electron chi connectivity index (χ3n) is 13.6. The number of nitrogens with one attached hydrogen (secondary N) is 4. The van der Waals surface area contributed by atoms with E-state index in [2.05, 4.69) is 70.3 Å². The smallest absolute Gasteiger partial charge is 0.744 e. The van der Waals surface area contributed by atoms with E-state index in [0.717, 1.165) is 36.4 Å². The Balaban J connectivity index is 0.0000132. The second kappa shape index (κ2) is 44.4. The Morgan fingerprint density at radius 2 is 0.517 bits per heavy atom. The molecule has 116 heavy (non-hydrogen) atoms. The van der Waals surface area contributed by atoms with E-state index in [0.29, 0.717) is 72.8 Å². The largest absolute Gasteiger partial charge is 1.00 e. The molecule has 4 N–H and O–H groups in total. The van der Waals surface area contributed by atoms with Gasteiger partial charge >= 0.3 is 296 Å². The molecule has 66 heteroatoms. The van der Waals surface area contributed by atoms with E-state index < -0.39 is 261 Å². The van der Waals surface area contributed by atoms with Gasteiger partial charge in [0.25, 0.3) is 0 Å². The molecule has 0 saturated heterocycles. The van der Waals surface area contributed by atoms with Gasteiger partial charge in [0.05, 0.1) is 71.7 Å². The second-order valence-electron chi connectivity index (χ2n) is 20.6. The monoisotopic (exact) mass is 1920 g/mol. The van der Waals surface area contributed by atoms with Gasteiger partial charge in [0, 0.05) is 21.9 Å². The van der Waals surface area contributed by atoms with E-state index in [-0.39, 0.29) is 308 Å². The zero-order valence-electron chi connectivity index (χ0n) is 60.1. The van der Waals surface area contributed by atoms with Crippen molar-refractivity contribution in [3.8, 4) is 11.1 Å². The first-order valence-corrected chi connectivity index (χ1v) is 41.6. The van der Waals surface area contributed by atoms with Crippen LogP contribution in [0.15, 0.2) is 211 Å². The maximum Gasteiger partial charge on any atom is 1.00 e. The molecule has 0 atom stereocenters. The van der Waals surface area contributed by atoms with Gasteiger partial charge in [-0.3, -0.25) is 9.97 Å². The quantitative estimate of drug-likeness (QED) is 0.0332. The van der Waals surface area contributed by atoms with Crippen molar-refractivity contribution in [3.05, 3.63) is 154 Å². The molecule has 558 valence electrons. The van der Waals surface area contributed by atoms with Crippen molar-refractivity contribution in [2.75, 3.05) is 0 Å². The summed E-state index contributed by atoms with van der Waals surface area (Å²) in [6.45, 7) is 0. The zero-order valence-corrected chi connectivity index (χ0v) is 89.8. The summed E-state index contributed by atoms with van der Waals surface area (Å²) in [6, 6.07) is 11.5. The average Bonchev–Trinajstić information content (AvgIpc) is 0.761. The molecule has 0 aliphatic rings. The van der Waals surface area contributed by atoms with E-state index in [9.17, 15) is 130 Å². The van der Waals surface area contributed by atoms with Crippen molar-refractivity contribution in [3.63, 3.8) is 0 Å². The van der Waals surface area contributed by atoms with Crippen molar-refractivity contribution in [1.82, 2.24) is 29.9 Å². The minimum atomic E-state index is -5.75. The topological polar surface area (TPSA) is 760 Å². The summed E-state index contributed by atoms with van der Waals surface area (Å²) in [5, 5.41) is 9.66. The summed E-state index contributed by atoms with van der Waals surface area (Å²) in [4.78, 5) is 20.5. The predicted octanol–water partition coefficient (Wildman–Crippen LogP) is -28.1. The van der Waals surface area contributed by atoms with E-state index in [1.807, 2.05) is 0 Å². The van der Waals surface area contributed by atoms with Gasteiger partial charge in [0.1, 0.15) is 124 Å². The molecule has 10 aromatic rings. The predicted molar refractivity (Wildman–Crippen MR) is 337 cm³/mol. The molecule has 0 saturated carbocycles. The molecular weight excluding hydrogens is 1900 g/mol. The summed E-state index contributed by atoms with van der Waals surface area (Å²) in [5.41, 5.74) is -9.82. The van der Waals surface area contributed by atoms with Crippen LogP contribution in [-0.4, -0.2) is 160 Å². The number of azo groups is 2. The molecular formula is C50H24Cl2N14Na10O30S10. The van der Waals surface area contributed by atoms with Crippen LogP contribution in [0.1, 0.15) is 0 Å². The number of aromatic amines is 4. The summed E-state index contributed by atoms with van der Waals surface area (Å²) in [6.07, 6.45) is 0. The summed E-state index contributed by atoms with van der Waals surface area (Å²) < 4.78 is 370. The summed E-state index contributed by atoms with van der Waals surface area (Å²) in [5.74, 6) is 0. The first-order valence-electron chi connectivity index (χ1n) is 26.7. The molecule has 0 bridgehead atoms. The van der Waals surface area contributed by atoms with Crippen LogP contribution >= 0.6 is 23.2 Å². The molecule has 2 heterocycles. The fourth-order valence-electron chi connectivity index (χ4n) is 9.35. The van der Waals surface area contributed by atoms with Crippen molar-refractivity contribution in [2.24, 2.45) is 40.4 Å². The first kappa shape index (κ1) is 116. The van der Waals surface area contributed by atoms with Crippen LogP contribution < -0.4 is 318 Å². The van der Waals surface area contributed by atoms with Gasteiger partial charge in [0.2, 0.25) is 33.0 Å². The second-order valence-corrected chi connectivity index (χ2v) is 34.9. The summed E-state index contributed by atoms with van der Waals surface area (Å²) in [7, 11) is -56.6. The molecule has 0 aliphatic carbocycles. The fourth-order valence-corrected chi connectivity index (χ4v) is 16.2. The van der Waals surface area contributed by atoms with Crippen LogP contribution in [0.3, 0.4) is 0 Å². The van der Waals surface area contributed by atoms with Crippen molar-refractivity contribution < 1.29 is 425 Å². The summed E-state index contributed by atoms with van der Waals surface area (Å²) >= 11 is 12.4. The van der Waals surface area contributed by atoms with Crippen molar-refractivity contribution in [1.29, 1.82) is 0 Å². The van der Waals surface area contributed by atoms with Gasteiger partial charge in [-0.25, -0.2) is 104 Å². The number of rotatable bonds is 19. The van der Waals surface area contributed by atoms with E-state index in [1.54, 1.807) is 0 Å². The number of H-pyrrole nitrogens is 4. The van der Waals surface area contributed by atoms with Crippen LogP contribution in [0.25, 0.3) is 32.7 Å². The number of benzene rings is 8. The van der Waals surface area contributed by atoms with E-state index in [1.165, 1.54) is 0 Å². The minimum Gasteiger partial charge on any atom is -0.744 e. The van der Waals surface area contributed by atoms with Gasteiger partial charge < -0.3 is 55.5 Å². The molecule has 2 aromatic heterocycles. The van der Waals surface area contributed by atoms with E-state index in [4.69, 9.17) is 23.2 Å². The maximum atomic E-state index is 12.9. The molecule has 0 spiro atoms. The number of fused-ring (bicyclic) bond motifs is 2. The standard InChI is InChI=1S/C50H34Cl2N14O30S10.10Na/c51-45-57-47(53-23-3-7-37(99(73,74)75)33(13-23)63-65-35-19-31-21(11-43(35)105(91,92)93)9-27(97(67,68)69)17-41(31)103(85,86)87)61-49(59-45)55-25-1-5-29(39(15-25)101(79,80)81)30-6-2-26(16-40(30)102(82,83)84)56-50-60-46(52)58-48(62-50)54-24-4-8-38(100(76,77)78)34(14-24)64-66-36-20-32-22(12-44(36)106(94,95)96)10-28(98(70,71)72)18-42(32)104(88,89)90;;;;;;;;;;/h1-20H,(H,67,68,69)(H,70,71,72)(H,73,74,75)(H,76,77,78)(H,79,80,81)(H,82,83,84)(H,85,86,87)(H,88,89,90)(H,91,92,93)(H,94,95,96)(H2,53,55,57,59,61)(H2,54,56,58,60,62);;;;;;;;;;/q;10*+1/p-10. The SMILES string of the molecule is O=S(=O)([O-])c1cc(S(=O)(=O)[O-])c2cc(N=Nc3cc(N=c4nc(Cl)[nH]c(=Nc5ccc(-c6ccc(N=c7[nH]c(Cl)nc(=Nc8ccc(S(=O)(=O)[O-])c(N=Nc9cc%10c(S(=O)(=O)[O-])cc(S(=O)(=O)[O-])cc%10cc9S(=O)(=O)[O-])c8)[nH]7)cc6S(=O)(=O)[O-])c(S(=O)(=O)[O-])c5)[nH]4)ccc3S(=O)(=O)[O-])c(S(=O)(=O)[O-])cc2c1.[Na+].[Na+].[Na+].[Na+].[Na+].[Na+].[Na+].[Na+].[Na+].[Na+]. The van der Waals surface area contributed by atoms with Gasteiger partial charge in [-0.05, 0) is 143 Å². The Morgan fingerprint density at radius 3 is 0.784 bits per heavy atom. The minimum absolute atomic E-state index is 0. The van der Waals surface area contributed by atoms with Crippen LogP contribution in [0.5, 0.6) is 0 Å². The molecule has 8 aromatic carbocycles. The van der Waals surface area contributed by atoms with Gasteiger partial charge in [-0.1, -0.05) is 12.1 Å². The van der Waals surface area contributed by atoms with Crippen molar-refractivity contribution in [2.45, 2.75) is 49.0 Å². The zero-order chi connectivity index (χ0) is 78.4. The number of hydrogen-bond acceptors (Lipinski definition) is 40. The number of aromatic nitrogens is 6. The molecule has 0 unspecified atom stereocenters. The Bertz CT molecular complexity index is 6800. The van der Waals surface area contributed by atoms with Gasteiger partial charge in [0.15, 0.2) is 0 Å². The fraction of sp³-hybridized carbons (Fsp3) is 0. The Kier molecular flexibility index (Phi) is 44.5. The molecule has 0 aliphatic heterocycles. The molecule has 0 radical (unpaired) electrons. The van der Waals surface area contributed by atoms with Gasteiger partial charge in [-0.15, -0.1) is 20.5 Å². The third-order valence-corrected chi connectivity index (χ3v) is 22.6. The number of hydrogen-bond donors (Lipinski definition) is 4. The Hall–Kier alpha value is 0.380. The third kappa shape index (κ3) is 29.7. The van der Waals surface area contributed by atoms with E-state index >= 15 is 0 Å². The number of halogens is 2. The molecule has 0 amide bonds. The normalized spacial score (nSPS) is 13.0. The first-order chi connectivity index (χ1) is 48.6. The van der Waals surface area contributed by atoms with Crippen LogP contribution in [-0.2, 0) is 101 Å². The van der Waals surface area contributed by atoms with Gasteiger partial charge in [-0.2, -0.15) is 9.97 Å². The Morgan fingerprint density at radius 1 is 0.259 bits per heavy atom.